The van der Waals surface area contributed by atoms with E-state index in [4.69, 9.17) is 5.11 Å². The van der Waals surface area contributed by atoms with Crippen molar-refractivity contribution in [1.29, 1.82) is 0 Å². The Morgan fingerprint density at radius 2 is 1.94 bits per heavy atom. The number of carbonyl (C=O) groups excluding carboxylic acids is 1. The van der Waals surface area contributed by atoms with E-state index >= 15 is 0 Å². The van der Waals surface area contributed by atoms with Gasteiger partial charge in [-0.05, 0) is 45.4 Å². The zero-order valence-corrected chi connectivity index (χ0v) is 11.7. The highest BCUT2D eigenvalue weighted by molar-refractivity contribution is 5.80. The number of carboxylic acids is 1. The van der Waals surface area contributed by atoms with E-state index in [0.717, 1.165) is 5.92 Å². The van der Waals surface area contributed by atoms with Crippen molar-refractivity contribution >= 4 is 12.0 Å². The highest BCUT2D eigenvalue weighted by Crippen LogP contribution is 2.36. The molecule has 0 bridgehead atoms. The van der Waals surface area contributed by atoms with Crippen molar-refractivity contribution < 1.29 is 14.7 Å². The Kier molecular flexibility index (Phi) is 4.59. The monoisotopic (exact) mass is 256 g/mol. The van der Waals surface area contributed by atoms with Crippen molar-refractivity contribution in [3.05, 3.63) is 0 Å². The van der Waals surface area contributed by atoms with Gasteiger partial charge in [-0.15, -0.1) is 0 Å². The number of carboxylic acid groups (broad SMARTS) is 1. The largest absolute Gasteiger partial charge is 0.480 e. The summed E-state index contributed by atoms with van der Waals surface area (Å²) in [5.41, 5.74) is -0.495. The molecule has 5 nitrogen and oxygen atoms in total. The molecule has 0 saturated heterocycles. The van der Waals surface area contributed by atoms with Gasteiger partial charge >= 0.3 is 12.0 Å². The molecule has 0 aliphatic heterocycles. The summed E-state index contributed by atoms with van der Waals surface area (Å²) in [5.74, 6) is 0.212. The van der Waals surface area contributed by atoms with Gasteiger partial charge in [-0.3, -0.25) is 4.79 Å². The molecule has 0 aromatic heterocycles. The summed E-state index contributed by atoms with van der Waals surface area (Å²) >= 11 is 0. The van der Waals surface area contributed by atoms with Crippen LogP contribution < -0.4 is 5.32 Å². The lowest BCUT2D eigenvalue weighted by Gasteiger charge is -2.34. The first-order valence-electron chi connectivity index (χ1n) is 6.49. The predicted octanol–water partition coefficient (Wildman–Crippen LogP) is 1.93. The van der Waals surface area contributed by atoms with Crippen molar-refractivity contribution in [2.45, 2.75) is 46.1 Å². The van der Waals surface area contributed by atoms with Crippen LogP contribution in [-0.4, -0.2) is 40.6 Å². The Hall–Kier alpha value is -1.26. The number of urea groups is 1. The Balaban J connectivity index is 2.50. The molecular weight excluding hydrogens is 232 g/mol. The van der Waals surface area contributed by atoms with Crippen LogP contribution in [-0.2, 0) is 4.79 Å². The maximum Gasteiger partial charge on any atom is 0.323 e. The quantitative estimate of drug-likeness (QED) is 0.789. The third-order valence-corrected chi connectivity index (χ3v) is 3.35. The fraction of sp³-hybridized carbons (Fsp3) is 0.846. The van der Waals surface area contributed by atoms with Gasteiger partial charge in [0.15, 0.2) is 0 Å². The van der Waals surface area contributed by atoms with E-state index in [1.165, 1.54) is 17.7 Å². The van der Waals surface area contributed by atoms with E-state index in [1.54, 1.807) is 0 Å². The van der Waals surface area contributed by atoms with Crippen LogP contribution in [0.5, 0.6) is 0 Å². The summed E-state index contributed by atoms with van der Waals surface area (Å²) in [6.07, 6.45) is 2.49. The zero-order chi connectivity index (χ0) is 13.9. The Morgan fingerprint density at radius 1 is 1.39 bits per heavy atom. The van der Waals surface area contributed by atoms with E-state index in [0.29, 0.717) is 12.5 Å². The van der Waals surface area contributed by atoms with Crippen LogP contribution in [0.4, 0.5) is 4.79 Å². The number of rotatable bonds is 5. The van der Waals surface area contributed by atoms with Gasteiger partial charge < -0.3 is 15.3 Å². The topological polar surface area (TPSA) is 69.6 Å². The van der Waals surface area contributed by atoms with Crippen LogP contribution in [0.3, 0.4) is 0 Å². The Bertz CT molecular complexity index is 319. The molecule has 18 heavy (non-hydrogen) atoms. The summed E-state index contributed by atoms with van der Waals surface area (Å²) in [4.78, 5) is 24.2. The van der Waals surface area contributed by atoms with E-state index in [-0.39, 0.29) is 12.6 Å². The first kappa shape index (κ1) is 14.8. The Morgan fingerprint density at radius 3 is 2.33 bits per heavy atom. The Labute approximate surface area is 109 Å². The molecule has 1 atom stereocenters. The lowest BCUT2D eigenvalue weighted by atomic mass is 10.1. The highest BCUT2D eigenvalue weighted by Gasteiger charge is 2.31. The molecule has 1 saturated carbocycles. The fourth-order valence-electron chi connectivity index (χ4n) is 1.92. The second-order valence-corrected chi connectivity index (χ2v) is 6.15. The molecule has 0 radical (unpaired) electrons. The minimum Gasteiger partial charge on any atom is -0.480 e. The standard InChI is InChI=1S/C13H24N2O3/c1-9(10-5-6-10)7-14-12(18)15(8-11(16)17)13(2,3)4/h9-10H,5-8H2,1-4H3,(H,14,18)(H,16,17). The normalized spacial score (nSPS) is 17.1. The number of aliphatic carboxylic acids is 1. The summed E-state index contributed by atoms with van der Waals surface area (Å²) < 4.78 is 0. The van der Waals surface area contributed by atoms with Crippen molar-refractivity contribution in [2.75, 3.05) is 13.1 Å². The maximum absolute atomic E-state index is 12.0. The van der Waals surface area contributed by atoms with Crippen LogP contribution in [0.25, 0.3) is 0 Å². The minimum absolute atomic E-state index is 0.271. The smallest absolute Gasteiger partial charge is 0.323 e. The van der Waals surface area contributed by atoms with Gasteiger partial charge in [0.25, 0.3) is 0 Å². The average molecular weight is 256 g/mol. The number of carbonyl (C=O) groups is 2. The van der Waals surface area contributed by atoms with Crippen molar-refractivity contribution in [3.8, 4) is 0 Å². The first-order valence-corrected chi connectivity index (χ1v) is 6.49. The van der Waals surface area contributed by atoms with Gasteiger partial charge in [-0.1, -0.05) is 6.92 Å². The second-order valence-electron chi connectivity index (χ2n) is 6.15. The molecule has 0 spiro atoms. The molecule has 0 heterocycles. The lowest BCUT2D eigenvalue weighted by Crippen LogP contribution is -2.53. The molecule has 1 aliphatic carbocycles. The van der Waals surface area contributed by atoms with Gasteiger partial charge in [0.05, 0.1) is 0 Å². The molecule has 5 heteroatoms. The fourth-order valence-corrected chi connectivity index (χ4v) is 1.92. The molecule has 2 amide bonds. The van der Waals surface area contributed by atoms with Crippen LogP contribution >= 0.6 is 0 Å². The van der Waals surface area contributed by atoms with Gasteiger partial charge in [0, 0.05) is 12.1 Å². The first-order chi connectivity index (χ1) is 8.21. The average Bonchev–Trinajstić information content (AvgIpc) is 3.03. The molecule has 1 fully saturated rings. The number of amides is 2. The summed E-state index contributed by atoms with van der Waals surface area (Å²) in [6.45, 7) is 7.97. The molecule has 1 aliphatic rings. The molecule has 0 aromatic rings. The minimum atomic E-state index is -0.990. The van der Waals surface area contributed by atoms with Crippen LogP contribution in [0.2, 0.25) is 0 Å². The van der Waals surface area contributed by atoms with E-state index in [9.17, 15) is 9.59 Å². The highest BCUT2D eigenvalue weighted by atomic mass is 16.4. The predicted molar refractivity (Wildman–Crippen MR) is 69.4 cm³/mol. The van der Waals surface area contributed by atoms with Gasteiger partial charge in [0.2, 0.25) is 0 Å². The second kappa shape index (κ2) is 5.59. The van der Waals surface area contributed by atoms with Crippen molar-refractivity contribution in [3.63, 3.8) is 0 Å². The van der Waals surface area contributed by atoms with E-state index in [1.807, 2.05) is 20.8 Å². The van der Waals surface area contributed by atoms with Gasteiger partial charge in [0.1, 0.15) is 6.54 Å². The molecule has 1 rings (SSSR count). The van der Waals surface area contributed by atoms with E-state index < -0.39 is 11.5 Å². The molecule has 0 aromatic carbocycles. The molecule has 1 unspecified atom stereocenters. The van der Waals surface area contributed by atoms with Crippen LogP contribution in [0, 0.1) is 11.8 Å². The molecule has 104 valence electrons. The van der Waals surface area contributed by atoms with Crippen molar-refractivity contribution in [1.82, 2.24) is 10.2 Å². The number of nitrogens with one attached hydrogen (secondary N) is 1. The van der Waals surface area contributed by atoms with Gasteiger partial charge in [-0.25, -0.2) is 4.79 Å². The SMILES string of the molecule is CC(CNC(=O)N(CC(=O)O)C(C)(C)C)C1CC1. The summed E-state index contributed by atoms with van der Waals surface area (Å²) in [5, 5.41) is 11.7. The van der Waals surface area contributed by atoms with Gasteiger partial charge in [-0.2, -0.15) is 0 Å². The number of nitrogens with zero attached hydrogens (tertiary/aromatic N) is 1. The number of hydrogen-bond donors (Lipinski definition) is 2. The molecule has 2 N–H and O–H groups in total. The third kappa shape index (κ3) is 4.55. The van der Waals surface area contributed by atoms with Crippen molar-refractivity contribution in [2.24, 2.45) is 11.8 Å². The lowest BCUT2D eigenvalue weighted by molar-refractivity contribution is -0.138. The van der Waals surface area contributed by atoms with Crippen LogP contribution in [0.15, 0.2) is 0 Å². The third-order valence-electron chi connectivity index (χ3n) is 3.35. The summed E-state index contributed by atoms with van der Waals surface area (Å²) in [7, 11) is 0. The zero-order valence-electron chi connectivity index (χ0n) is 11.7. The maximum atomic E-state index is 12.0. The van der Waals surface area contributed by atoms with E-state index in [2.05, 4.69) is 12.2 Å². The number of hydrogen-bond acceptors (Lipinski definition) is 2. The van der Waals surface area contributed by atoms with Crippen LogP contribution in [0.1, 0.15) is 40.5 Å². The molecular formula is C13H24N2O3. The summed E-state index contributed by atoms with van der Waals surface area (Å²) in [6, 6.07) is -0.294.